The lowest BCUT2D eigenvalue weighted by atomic mass is 10.3. The Morgan fingerprint density at radius 2 is 2.00 bits per heavy atom. The quantitative estimate of drug-likeness (QED) is 0.460. The normalized spacial score (nSPS) is 9.27. The maximum atomic E-state index is 10.7. The molecule has 0 rings (SSSR count). The zero-order chi connectivity index (χ0) is 8.69. The second-order valence-corrected chi connectivity index (χ2v) is 2.00. The molecule has 64 valence electrons. The standard InChI is InChI=1S/C6H12N2O3/c7-4-6(11)8-5(10)2-1-3-9/h9H,1-4,7H2,(H,8,10,11). The summed E-state index contributed by atoms with van der Waals surface area (Å²) in [6, 6.07) is 0. The lowest BCUT2D eigenvalue weighted by molar-refractivity contribution is -0.129. The molecule has 0 unspecified atom stereocenters. The van der Waals surface area contributed by atoms with Gasteiger partial charge in [-0.15, -0.1) is 0 Å². The molecule has 5 heteroatoms. The minimum absolute atomic E-state index is 0.0514. The fourth-order valence-electron chi connectivity index (χ4n) is 0.509. The number of nitrogens with one attached hydrogen (secondary N) is 1. The van der Waals surface area contributed by atoms with Crippen LogP contribution in [0.2, 0.25) is 0 Å². The average Bonchev–Trinajstić information content (AvgIpc) is 2.00. The number of amides is 2. The van der Waals surface area contributed by atoms with Gasteiger partial charge in [0.2, 0.25) is 11.8 Å². The van der Waals surface area contributed by atoms with Gasteiger partial charge >= 0.3 is 0 Å². The van der Waals surface area contributed by atoms with Gasteiger partial charge in [-0.25, -0.2) is 0 Å². The number of carbonyl (C=O) groups excluding carboxylic acids is 2. The SMILES string of the molecule is NCC(=O)NC(=O)CCCO. The van der Waals surface area contributed by atoms with Gasteiger partial charge in [0, 0.05) is 13.0 Å². The number of imide groups is 1. The van der Waals surface area contributed by atoms with Crippen molar-refractivity contribution in [3.05, 3.63) is 0 Å². The van der Waals surface area contributed by atoms with E-state index in [9.17, 15) is 9.59 Å². The molecule has 0 aliphatic heterocycles. The maximum Gasteiger partial charge on any atom is 0.240 e. The van der Waals surface area contributed by atoms with Crippen LogP contribution in [0.25, 0.3) is 0 Å². The second-order valence-electron chi connectivity index (χ2n) is 2.00. The number of nitrogens with two attached hydrogens (primary N) is 1. The van der Waals surface area contributed by atoms with E-state index < -0.39 is 11.8 Å². The van der Waals surface area contributed by atoms with Gasteiger partial charge in [-0.1, -0.05) is 0 Å². The molecule has 4 N–H and O–H groups in total. The summed E-state index contributed by atoms with van der Waals surface area (Å²) in [7, 11) is 0. The number of carbonyl (C=O) groups is 2. The number of hydrogen-bond acceptors (Lipinski definition) is 4. The topological polar surface area (TPSA) is 92.4 Å². The first kappa shape index (κ1) is 10.1. The molecule has 0 spiro atoms. The molecule has 0 aromatic heterocycles. The predicted octanol–water partition coefficient (Wildman–Crippen LogP) is -1.64. The van der Waals surface area contributed by atoms with Crippen molar-refractivity contribution in [1.29, 1.82) is 0 Å². The molecule has 0 saturated heterocycles. The van der Waals surface area contributed by atoms with Crippen LogP contribution in [0.1, 0.15) is 12.8 Å². The largest absolute Gasteiger partial charge is 0.396 e. The Hall–Kier alpha value is -0.940. The fourth-order valence-corrected chi connectivity index (χ4v) is 0.509. The van der Waals surface area contributed by atoms with E-state index in [2.05, 4.69) is 5.32 Å². The van der Waals surface area contributed by atoms with E-state index in [4.69, 9.17) is 10.8 Å². The van der Waals surface area contributed by atoms with Gasteiger partial charge in [-0.3, -0.25) is 14.9 Å². The molecule has 0 radical (unpaired) electrons. The van der Waals surface area contributed by atoms with Crippen molar-refractivity contribution >= 4 is 11.8 Å². The summed E-state index contributed by atoms with van der Waals surface area (Å²) < 4.78 is 0. The highest BCUT2D eigenvalue weighted by Gasteiger charge is 2.03. The number of aliphatic hydroxyl groups excluding tert-OH is 1. The minimum atomic E-state index is -0.493. The maximum absolute atomic E-state index is 10.7. The molecular formula is C6H12N2O3. The minimum Gasteiger partial charge on any atom is -0.396 e. The number of aliphatic hydroxyl groups is 1. The molecule has 0 atom stereocenters. The molecule has 0 fully saturated rings. The summed E-state index contributed by atoms with van der Waals surface area (Å²) in [5.41, 5.74) is 4.94. The number of hydrogen-bond donors (Lipinski definition) is 3. The zero-order valence-corrected chi connectivity index (χ0v) is 6.17. The third-order valence-electron chi connectivity index (χ3n) is 1.03. The van der Waals surface area contributed by atoms with E-state index in [1.54, 1.807) is 0 Å². The summed E-state index contributed by atoms with van der Waals surface area (Å²) in [5.74, 6) is -0.887. The van der Waals surface area contributed by atoms with E-state index in [1.807, 2.05) is 0 Å². The Morgan fingerprint density at radius 3 is 2.45 bits per heavy atom. The van der Waals surface area contributed by atoms with E-state index >= 15 is 0 Å². The predicted molar refractivity (Wildman–Crippen MR) is 38.5 cm³/mol. The molecule has 0 aliphatic carbocycles. The first-order valence-corrected chi connectivity index (χ1v) is 3.34. The van der Waals surface area contributed by atoms with Crippen LogP contribution in [0.5, 0.6) is 0 Å². The van der Waals surface area contributed by atoms with E-state index in [0.717, 1.165) is 0 Å². The lowest BCUT2D eigenvalue weighted by Crippen LogP contribution is -2.35. The van der Waals surface area contributed by atoms with Crippen LogP contribution in [0.15, 0.2) is 0 Å². The molecule has 0 aromatic carbocycles. The molecule has 0 aliphatic rings. The molecule has 0 bridgehead atoms. The van der Waals surface area contributed by atoms with Gasteiger partial charge in [-0.05, 0) is 6.42 Å². The molecule has 5 nitrogen and oxygen atoms in total. The Balaban J connectivity index is 3.44. The monoisotopic (exact) mass is 160 g/mol. The van der Waals surface area contributed by atoms with Crippen LogP contribution in [0, 0.1) is 0 Å². The summed E-state index contributed by atoms with van der Waals surface area (Å²) in [4.78, 5) is 21.1. The molecular weight excluding hydrogens is 148 g/mol. The van der Waals surface area contributed by atoms with Gasteiger partial charge in [0.05, 0.1) is 6.54 Å². The van der Waals surface area contributed by atoms with Crippen LogP contribution >= 0.6 is 0 Å². The van der Waals surface area contributed by atoms with Crippen molar-refractivity contribution in [3.63, 3.8) is 0 Å². The van der Waals surface area contributed by atoms with Crippen molar-refractivity contribution in [2.24, 2.45) is 5.73 Å². The molecule has 11 heavy (non-hydrogen) atoms. The van der Waals surface area contributed by atoms with Crippen molar-refractivity contribution in [3.8, 4) is 0 Å². The summed E-state index contributed by atoms with van der Waals surface area (Å²) in [5, 5.41) is 10.4. The van der Waals surface area contributed by atoms with E-state index in [-0.39, 0.29) is 19.6 Å². The summed E-state index contributed by atoms with van der Waals surface area (Å²) >= 11 is 0. The van der Waals surface area contributed by atoms with Crippen molar-refractivity contribution in [2.45, 2.75) is 12.8 Å². The van der Waals surface area contributed by atoms with Crippen LogP contribution in [-0.2, 0) is 9.59 Å². The third kappa shape index (κ3) is 5.50. The van der Waals surface area contributed by atoms with Gasteiger partial charge in [-0.2, -0.15) is 0 Å². The fraction of sp³-hybridized carbons (Fsp3) is 0.667. The van der Waals surface area contributed by atoms with E-state index in [1.165, 1.54) is 0 Å². The van der Waals surface area contributed by atoms with Crippen LogP contribution in [-0.4, -0.2) is 30.1 Å². The van der Waals surface area contributed by atoms with Crippen LogP contribution < -0.4 is 11.1 Å². The Labute approximate surface area is 64.6 Å². The van der Waals surface area contributed by atoms with E-state index in [0.29, 0.717) is 6.42 Å². The van der Waals surface area contributed by atoms with Gasteiger partial charge in [0.25, 0.3) is 0 Å². The van der Waals surface area contributed by atoms with Crippen molar-refractivity contribution in [1.82, 2.24) is 5.32 Å². The number of rotatable bonds is 4. The van der Waals surface area contributed by atoms with Crippen molar-refractivity contribution in [2.75, 3.05) is 13.2 Å². The zero-order valence-electron chi connectivity index (χ0n) is 6.17. The Kier molecular flexibility index (Phi) is 5.32. The Morgan fingerprint density at radius 1 is 1.36 bits per heavy atom. The first-order chi connectivity index (χ1) is 5.20. The van der Waals surface area contributed by atoms with Crippen LogP contribution in [0.4, 0.5) is 0 Å². The third-order valence-corrected chi connectivity index (χ3v) is 1.03. The van der Waals surface area contributed by atoms with Gasteiger partial charge in [0.15, 0.2) is 0 Å². The highest BCUT2D eigenvalue weighted by atomic mass is 16.3. The highest BCUT2D eigenvalue weighted by molar-refractivity contribution is 5.95. The highest BCUT2D eigenvalue weighted by Crippen LogP contribution is 1.85. The smallest absolute Gasteiger partial charge is 0.240 e. The van der Waals surface area contributed by atoms with Crippen molar-refractivity contribution < 1.29 is 14.7 Å². The molecule has 2 amide bonds. The second kappa shape index (κ2) is 5.82. The van der Waals surface area contributed by atoms with Crippen LogP contribution in [0.3, 0.4) is 0 Å². The molecule has 0 saturated carbocycles. The van der Waals surface area contributed by atoms with Gasteiger partial charge < -0.3 is 10.8 Å². The molecule has 0 heterocycles. The Bertz CT molecular complexity index is 147. The lowest BCUT2D eigenvalue weighted by Gasteiger charge is -1.99. The first-order valence-electron chi connectivity index (χ1n) is 3.34. The molecule has 0 aromatic rings. The summed E-state index contributed by atoms with van der Waals surface area (Å²) in [6.45, 7) is -0.241. The average molecular weight is 160 g/mol. The summed E-state index contributed by atoms with van der Waals surface area (Å²) in [6.07, 6.45) is 0.520. The van der Waals surface area contributed by atoms with Gasteiger partial charge in [0.1, 0.15) is 0 Å².